The van der Waals surface area contributed by atoms with Crippen molar-refractivity contribution in [1.29, 1.82) is 0 Å². The molecule has 0 aliphatic carbocycles. The summed E-state index contributed by atoms with van der Waals surface area (Å²) >= 11 is 0. The zero-order valence-corrected chi connectivity index (χ0v) is 7.82. The van der Waals surface area contributed by atoms with Crippen molar-refractivity contribution in [2.45, 2.75) is 19.3 Å². The first-order chi connectivity index (χ1) is 6.28. The first kappa shape index (κ1) is 11.8. The van der Waals surface area contributed by atoms with Crippen LogP contribution in [0.1, 0.15) is 19.3 Å². The second kappa shape index (κ2) is 7.47. The van der Waals surface area contributed by atoms with Gasteiger partial charge in [-0.25, -0.2) is 0 Å². The molecule has 2 nitrogen and oxygen atoms in total. The fourth-order valence-corrected chi connectivity index (χ4v) is 1.23. The Bertz CT molecular complexity index is 165. The molecule has 0 amide bonds. The average molecular weight is 180 g/mol. The molecule has 0 spiro atoms. The highest BCUT2D eigenvalue weighted by atomic mass is 16.1. The van der Waals surface area contributed by atoms with Gasteiger partial charge >= 0.3 is 0 Å². The summed E-state index contributed by atoms with van der Waals surface area (Å²) in [5, 5.41) is 0. The minimum absolute atomic E-state index is 0.0763. The molecule has 13 heavy (non-hydrogen) atoms. The molecule has 0 N–H and O–H groups in total. The van der Waals surface area contributed by atoms with Gasteiger partial charge in [0.25, 0.3) is 0 Å². The molecule has 0 saturated heterocycles. The molecule has 0 heterocycles. The third-order valence-corrected chi connectivity index (χ3v) is 1.93. The maximum absolute atomic E-state index is 10.6. The summed E-state index contributed by atoms with van der Waals surface area (Å²) in [6.07, 6.45) is 7.08. The molecule has 2 unspecified atom stereocenters. The number of allylic oxidation sites excluding steroid dienone is 2. The Labute approximate surface area is 79.3 Å². The van der Waals surface area contributed by atoms with E-state index in [1.807, 2.05) is 0 Å². The van der Waals surface area contributed by atoms with E-state index in [2.05, 4.69) is 13.2 Å². The lowest BCUT2D eigenvalue weighted by atomic mass is 9.92. The fraction of sp³-hybridized carbons (Fsp3) is 0.455. The van der Waals surface area contributed by atoms with Crippen LogP contribution in [0.5, 0.6) is 0 Å². The highest BCUT2D eigenvalue weighted by Gasteiger charge is 2.12. The lowest BCUT2D eigenvalue weighted by molar-refractivity contribution is -0.113. The molecule has 0 radical (unpaired) electrons. The third kappa shape index (κ3) is 5.12. The van der Waals surface area contributed by atoms with E-state index in [0.29, 0.717) is 19.3 Å². The number of rotatable bonds is 8. The molecule has 0 rings (SSSR count). The van der Waals surface area contributed by atoms with Crippen LogP contribution in [-0.4, -0.2) is 12.6 Å². The summed E-state index contributed by atoms with van der Waals surface area (Å²) < 4.78 is 0. The average Bonchev–Trinajstić information content (AvgIpc) is 2.16. The molecular weight excluding hydrogens is 164 g/mol. The molecule has 0 bridgehead atoms. The fourth-order valence-electron chi connectivity index (χ4n) is 1.23. The molecular formula is C11H16O2. The Morgan fingerprint density at radius 3 is 1.54 bits per heavy atom. The summed E-state index contributed by atoms with van der Waals surface area (Å²) in [4.78, 5) is 21.1. The van der Waals surface area contributed by atoms with E-state index in [-0.39, 0.29) is 11.8 Å². The van der Waals surface area contributed by atoms with E-state index < -0.39 is 0 Å². The quantitative estimate of drug-likeness (QED) is 0.423. The Hall–Kier alpha value is -1.18. The van der Waals surface area contributed by atoms with Gasteiger partial charge in [0.15, 0.2) is 0 Å². The maximum atomic E-state index is 10.6. The van der Waals surface area contributed by atoms with E-state index in [4.69, 9.17) is 0 Å². The Morgan fingerprint density at radius 1 is 0.923 bits per heavy atom. The van der Waals surface area contributed by atoms with Crippen molar-refractivity contribution < 1.29 is 9.59 Å². The maximum Gasteiger partial charge on any atom is 0.123 e. The highest BCUT2D eigenvalue weighted by Crippen LogP contribution is 2.16. The zero-order valence-electron chi connectivity index (χ0n) is 7.82. The summed E-state index contributed by atoms with van der Waals surface area (Å²) in [5.41, 5.74) is 0. The van der Waals surface area contributed by atoms with Crippen LogP contribution in [0.4, 0.5) is 0 Å². The summed E-state index contributed by atoms with van der Waals surface area (Å²) in [6.45, 7) is 7.12. The van der Waals surface area contributed by atoms with Gasteiger partial charge in [0.05, 0.1) is 0 Å². The highest BCUT2D eigenvalue weighted by molar-refractivity contribution is 5.58. The van der Waals surface area contributed by atoms with Gasteiger partial charge in [-0.05, 0) is 19.3 Å². The van der Waals surface area contributed by atoms with Crippen molar-refractivity contribution in [3.8, 4) is 0 Å². The van der Waals surface area contributed by atoms with E-state index in [0.717, 1.165) is 12.6 Å². The van der Waals surface area contributed by atoms with Gasteiger partial charge in [-0.1, -0.05) is 12.2 Å². The first-order valence-corrected chi connectivity index (χ1v) is 4.40. The van der Waals surface area contributed by atoms with Gasteiger partial charge in [0, 0.05) is 11.8 Å². The van der Waals surface area contributed by atoms with Crippen LogP contribution >= 0.6 is 0 Å². The number of hydrogen-bond acceptors (Lipinski definition) is 2. The van der Waals surface area contributed by atoms with Crippen molar-refractivity contribution in [2.75, 3.05) is 0 Å². The largest absolute Gasteiger partial charge is 0.303 e. The van der Waals surface area contributed by atoms with Crippen LogP contribution in [0, 0.1) is 11.8 Å². The molecule has 0 fully saturated rings. The minimum Gasteiger partial charge on any atom is -0.303 e. The molecule has 0 aliphatic rings. The monoisotopic (exact) mass is 180 g/mol. The molecule has 0 saturated carbocycles. The first-order valence-electron chi connectivity index (χ1n) is 4.40. The molecule has 0 aliphatic heterocycles. The van der Waals surface area contributed by atoms with Crippen LogP contribution in [0.3, 0.4) is 0 Å². The number of hydrogen-bond donors (Lipinski definition) is 0. The molecule has 72 valence electrons. The normalized spacial score (nSPS) is 14.2. The van der Waals surface area contributed by atoms with E-state index in [9.17, 15) is 9.59 Å². The molecule has 0 aromatic carbocycles. The molecule has 0 aromatic rings. The second-order valence-electron chi connectivity index (χ2n) is 3.08. The summed E-state index contributed by atoms with van der Waals surface area (Å²) in [7, 11) is 0. The lowest BCUT2D eigenvalue weighted by Gasteiger charge is -2.11. The summed E-state index contributed by atoms with van der Waals surface area (Å²) in [5.74, 6) is -0.153. The summed E-state index contributed by atoms with van der Waals surface area (Å²) in [6, 6.07) is 0. The van der Waals surface area contributed by atoms with Crippen LogP contribution in [0.15, 0.2) is 25.3 Å². The van der Waals surface area contributed by atoms with Crippen molar-refractivity contribution in [1.82, 2.24) is 0 Å². The van der Waals surface area contributed by atoms with Crippen LogP contribution in [0.25, 0.3) is 0 Å². The third-order valence-electron chi connectivity index (χ3n) is 1.93. The molecule has 2 heteroatoms. The second-order valence-corrected chi connectivity index (χ2v) is 3.08. The van der Waals surface area contributed by atoms with Gasteiger partial charge in [-0.3, -0.25) is 0 Å². The standard InChI is InChI=1S/C11H16O2/c1-3-5-10(8-12)7-11(9-13)6-4-2/h3-4,8-11H,1-2,5-7H2. The van der Waals surface area contributed by atoms with Crippen LogP contribution in [-0.2, 0) is 9.59 Å². The van der Waals surface area contributed by atoms with Gasteiger partial charge < -0.3 is 9.59 Å². The van der Waals surface area contributed by atoms with Crippen molar-refractivity contribution >= 4 is 12.6 Å². The number of carbonyl (C=O) groups is 2. The van der Waals surface area contributed by atoms with Gasteiger partial charge in [0.2, 0.25) is 0 Å². The minimum atomic E-state index is -0.0763. The zero-order chi connectivity index (χ0) is 10.1. The van der Waals surface area contributed by atoms with Crippen LogP contribution in [0.2, 0.25) is 0 Å². The van der Waals surface area contributed by atoms with E-state index >= 15 is 0 Å². The number of carbonyl (C=O) groups excluding carboxylic acids is 2. The predicted octanol–water partition coefficient (Wildman–Crippen LogP) is 2.16. The number of aldehydes is 2. The topological polar surface area (TPSA) is 34.1 Å². The predicted molar refractivity (Wildman–Crippen MR) is 53.4 cm³/mol. The van der Waals surface area contributed by atoms with Gasteiger partial charge in [-0.2, -0.15) is 0 Å². The SMILES string of the molecule is C=CCC(C=O)CC(C=O)CC=C. The van der Waals surface area contributed by atoms with E-state index in [1.54, 1.807) is 12.2 Å². The Morgan fingerprint density at radius 2 is 1.31 bits per heavy atom. The lowest BCUT2D eigenvalue weighted by Crippen LogP contribution is -2.10. The van der Waals surface area contributed by atoms with E-state index in [1.165, 1.54) is 0 Å². The van der Waals surface area contributed by atoms with Crippen LogP contribution < -0.4 is 0 Å². The van der Waals surface area contributed by atoms with Gasteiger partial charge in [0.1, 0.15) is 12.6 Å². The smallest absolute Gasteiger partial charge is 0.123 e. The molecule has 0 aromatic heterocycles. The Balaban J connectivity index is 4.00. The van der Waals surface area contributed by atoms with Crippen molar-refractivity contribution in [3.05, 3.63) is 25.3 Å². The van der Waals surface area contributed by atoms with Crippen molar-refractivity contribution in [2.24, 2.45) is 11.8 Å². The molecule has 2 atom stereocenters. The van der Waals surface area contributed by atoms with Crippen molar-refractivity contribution in [3.63, 3.8) is 0 Å². The Kier molecular flexibility index (Phi) is 6.79. The van der Waals surface area contributed by atoms with Gasteiger partial charge in [-0.15, -0.1) is 13.2 Å².